The molecule has 2 N–H and O–H groups in total. The van der Waals surface area contributed by atoms with Gasteiger partial charge in [0.05, 0.1) is 11.6 Å². The third-order valence-corrected chi connectivity index (χ3v) is 3.05. The van der Waals surface area contributed by atoms with Crippen molar-refractivity contribution in [1.82, 2.24) is 10.3 Å². The Morgan fingerprint density at radius 3 is 2.56 bits per heavy atom. The quantitative estimate of drug-likeness (QED) is 0.849. The topological polar surface area (TPSA) is 44.9 Å². The van der Waals surface area contributed by atoms with Crippen LogP contribution in [0.15, 0.2) is 42.7 Å². The molecule has 1 amide bonds. The number of rotatable bonds is 4. The number of carbonyl (C=O) groups is 1. The molecule has 1 aromatic carbocycles. The molecule has 1 heterocycles. The van der Waals surface area contributed by atoms with Crippen molar-refractivity contribution in [3.05, 3.63) is 59.4 Å². The molecule has 0 spiro atoms. The predicted molar refractivity (Wildman–Crippen MR) is 72.5 cm³/mol. The second kappa shape index (κ2) is 5.54. The van der Waals surface area contributed by atoms with Crippen LogP contribution in [0.2, 0.25) is 0 Å². The maximum absolute atomic E-state index is 12.0. The fourth-order valence-corrected chi connectivity index (χ4v) is 1.93. The van der Waals surface area contributed by atoms with E-state index in [1.165, 1.54) is 5.56 Å². The third-order valence-electron chi connectivity index (χ3n) is 3.05. The Morgan fingerprint density at radius 2 is 2.00 bits per heavy atom. The number of benzene rings is 1. The van der Waals surface area contributed by atoms with Crippen LogP contribution in [0, 0.1) is 6.92 Å². The molecule has 94 valence electrons. The van der Waals surface area contributed by atoms with Crippen LogP contribution in [-0.4, -0.2) is 10.9 Å². The molecule has 1 aromatic heterocycles. The Hall–Kier alpha value is -2.03. The van der Waals surface area contributed by atoms with Crippen LogP contribution < -0.4 is 5.32 Å². The van der Waals surface area contributed by atoms with Gasteiger partial charge in [0, 0.05) is 12.4 Å². The second-order valence-corrected chi connectivity index (χ2v) is 4.44. The van der Waals surface area contributed by atoms with Crippen LogP contribution >= 0.6 is 0 Å². The standard InChI is InChI=1S/C15H18N2O/c1-3-14(12-6-4-11(2)5-7-12)17-15(18)13-8-9-16-10-13/h4-10,14,16H,3H2,1-2H3,(H,17,18)/t14-/m0/s1. The monoisotopic (exact) mass is 242 g/mol. The van der Waals surface area contributed by atoms with Crippen LogP contribution in [0.25, 0.3) is 0 Å². The molecule has 2 aromatic rings. The van der Waals surface area contributed by atoms with Crippen molar-refractivity contribution >= 4 is 5.91 Å². The summed E-state index contributed by atoms with van der Waals surface area (Å²) in [6.07, 6.45) is 4.33. The summed E-state index contributed by atoms with van der Waals surface area (Å²) < 4.78 is 0. The van der Waals surface area contributed by atoms with E-state index >= 15 is 0 Å². The van der Waals surface area contributed by atoms with E-state index < -0.39 is 0 Å². The molecule has 0 fully saturated rings. The van der Waals surface area contributed by atoms with E-state index in [-0.39, 0.29) is 11.9 Å². The van der Waals surface area contributed by atoms with Gasteiger partial charge in [-0.15, -0.1) is 0 Å². The number of nitrogens with one attached hydrogen (secondary N) is 2. The SMILES string of the molecule is CC[C@H](NC(=O)c1cc[nH]c1)c1ccc(C)cc1. The second-order valence-electron chi connectivity index (χ2n) is 4.44. The van der Waals surface area contributed by atoms with Gasteiger partial charge in [0.15, 0.2) is 0 Å². The summed E-state index contributed by atoms with van der Waals surface area (Å²) >= 11 is 0. The minimum atomic E-state index is -0.0383. The smallest absolute Gasteiger partial charge is 0.253 e. The van der Waals surface area contributed by atoms with Gasteiger partial charge in [-0.25, -0.2) is 0 Å². The minimum Gasteiger partial charge on any atom is -0.367 e. The molecule has 0 unspecified atom stereocenters. The highest BCUT2D eigenvalue weighted by atomic mass is 16.1. The normalized spacial score (nSPS) is 12.1. The number of hydrogen-bond donors (Lipinski definition) is 2. The van der Waals surface area contributed by atoms with Crippen molar-refractivity contribution in [1.29, 1.82) is 0 Å². The van der Waals surface area contributed by atoms with Gasteiger partial charge in [0.1, 0.15) is 0 Å². The summed E-state index contributed by atoms with van der Waals surface area (Å²) in [5, 5.41) is 3.05. The van der Waals surface area contributed by atoms with Gasteiger partial charge in [-0.1, -0.05) is 36.8 Å². The van der Waals surface area contributed by atoms with Gasteiger partial charge in [-0.3, -0.25) is 4.79 Å². The first-order valence-corrected chi connectivity index (χ1v) is 6.21. The van der Waals surface area contributed by atoms with Gasteiger partial charge < -0.3 is 10.3 Å². The number of carbonyl (C=O) groups excluding carboxylic acids is 1. The van der Waals surface area contributed by atoms with E-state index in [1.807, 2.05) is 0 Å². The van der Waals surface area contributed by atoms with E-state index in [4.69, 9.17) is 0 Å². The lowest BCUT2D eigenvalue weighted by Crippen LogP contribution is -2.27. The molecule has 3 heteroatoms. The lowest BCUT2D eigenvalue weighted by molar-refractivity contribution is 0.0936. The van der Waals surface area contributed by atoms with Crippen LogP contribution in [0.3, 0.4) is 0 Å². The minimum absolute atomic E-state index is 0.0383. The number of aromatic nitrogens is 1. The molecule has 18 heavy (non-hydrogen) atoms. The lowest BCUT2D eigenvalue weighted by atomic mass is 10.0. The van der Waals surface area contributed by atoms with E-state index in [0.717, 1.165) is 12.0 Å². The van der Waals surface area contributed by atoms with E-state index in [2.05, 4.69) is 48.4 Å². The maximum atomic E-state index is 12.0. The highest BCUT2D eigenvalue weighted by Gasteiger charge is 2.13. The molecule has 0 saturated carbocycles. The molecule has 0 saturated heterocycles. The Balaban J connectivity index is 2.10. The molecule has 0 bridgehead atoms. The van der Waals surface area contributed by atoms with Gasteiger partial charge >= 0.3 is 0 Å². The van der Waals surface area contributed by atoms with Crippen LogP contribution in [0.1, 0.15) is 40.9 Å². The molecule has 0 radical (unpaired) electrons. The van der Waals surface area contributed by atoms with Gasteiger partial charge in [-0.05, 0) is 25.0 Å². The fraction of sp³-hybridized carbons (Fsp3) is 0.267. The summed E-state index contributed by atoms with van der Waals surface area (Å²) in [7, 11) is 0. The Morgan fingerprint density at radius 1 is 1.28 bits per heavy atom. The Kier molecular flexibility index (Phi) is 3.82. The molecule has 0 aliphatic heterocycles. The largest absolute Gasteiger partial charge is 0.367 e. The number of aromatic amines is 1. The Bertz CT molecular complexity index is 500. The molecule has 2 rings (SSSR count). The summed E-state index contributed by atoms with van der Waals surface area (Å²) in [5.74, 6) is -0.0383. The van der Waals surface area contributed by atoms with Crippen LogP contribution in [0.5, 0.6) is 0 Å². The van der Waals surface area contributed by atoms with E-state index in [1.54, 1.807) is 18.5 Å². The van der Waals surface area contributed by atoms with E-state index in [9.17, 15) is 4.79 Å². The zero-order chi connectivity index (χ0) is 13.0. The Labute approximate surface area is 107 Å². The number of hydrogen-bond acceptors (Lipinski definition) is 1. The molecule has 1 atom stereocenters. The summed E-state index contributed by atoms with van der Waals surface area (Å²) in [6, 6.07) is 10.1. The number of H-pyrrole nitrogens is 1. The molecule has 0 aliphatic carbocycles. The molecular weight excluding hydrogens is 224 g/mol. The van der Waals surface area contributed by atoms with Crippen molar-refractivity contribution in [2.75, 3.05) is 0 Å². The maximum Gasteiger partial charge on any atom is 0.253 e. The van der Waals surface area contributed by atoms with Crippen LogP contribution in [-0.2, 0) is 0 Å². The number of aryl methyl sites for hydroxylation is 1. The summed E-state index contributed by atoms with van der Waals surface area (Å²) in [6.45, 7) is 4.13. The first kappa shape index (κ1) is 12.4. The van der Waals surface area contributed by atoms with E-state index in [0.29, 0.717) is 5.56 Å². The number of amides is 1. The molecular formula is C15H18N2O. The van der Waals surface area contributed by atoms with Crippen LogP contribution in [0.4, 0.5) is 0 Å². The van der Waals surface area contributed by atoms with Crippen molar-refractivity contribution in [3.63, 3.8) is 0 Å². The highest BCUT2D eigenvalue weighted by molar-refractivity contribution is 5.94. The zero-order valence-corrected chi connectivity index (χ0v) is 10.7. The fourth-order valence-electron chi connectivity index (χ4n) is 1.93. The molecule has 3 nitrogen and oxygen atoms in total. The molecule has 0 aliphatic rings. The summed E-state index contributed by atoms with van der Waals surface area (Å²) in [5.41, 5.74) is 3.04. The van der Waals surface area contributed by atoms with Gasteiger partial charge in [0.25, 0.3) is 5.91 Å². The lowest BCUT2D eigenvalue weighted by Gasteiger charge is -2.17. The van der Waals surface area contributed by atoms with Gasteiger partial charge in [0.2, 0.25) is 0 Å². The predicted octanol–water partition coefficient (Wildman–Crippen LogP) is 3.20. The van der Waals surface area contributed by atoms with Gasteiger partial charge in [-0.2, -0.15) is 0 Å². The highest BCUT2D eigenvalue weighted by Crippen LogP contribution is 2.17. The first-order chi connectivity index (χ1) is 8.70. The van der Waals surface area contributed by atoms with Crippen molar-refractivity contribution in [2.45, 2.75) is 26.3 Å². The van der Waals surface area contributed by atoms with Crippen molar-refractivity contribution < 1.29 is 4.79 Å². The van der Waals surface area contributed by atoms with Crippen molar-refractivity contribution in [3.8, 4) is 0 Å². The average molecular weight is 242 g/mol. The first-order valence-electron chi connectivity index (χ1n) is 6.21. The van der Waals surface area contributed by atoms with Crippen molar-refractivity contribution in [2.24, 2.45) is 0 Å². The zero-order valence-electron chi connectivity index (χ0n) is 10.7. The summed E-state index contributed by atoms with van der Waals surface area (Å²) in [4.78, 5) is 14.9. The third kappa shape index (κ3) is 2.80. The average Bonchev–Trinajstić information content (AvgIpc) is 2.91.